The molecule has 1 saturated carbocycles. The Balaban J connectivity index is 1.66. The lowest BCUT2D eigenvalue weighted by molar-refractivity contribution is 0.104. The van der Waals surface area contributed by atoms with Crippen LogP contribution in [0.2, 0.25) is 0 Å². The molecular formula is C23H26O4. The maximum atomic E-state index is 12.6. The highest BCUT2D eigenvalue weighted by Crippen LogP contribution is 2.30. The van der Waals surface area contributed by atoms with Gasteiger partial charge >= 0.3 is 0 Å². The minimum absolute atomic E-state index is 0.0782. The van der Waals surface area contributed by atoms with Crippen LogP contribution in [-0.4, -0.2) is 22.6 Å². The second kappa shape index (κ2) is 9.26. The van der Waals surface area contributed by atoms with Gasteiger partial charge in [-0.05, 0) is 48.2 Å². The zero-order chi connectivity index (χ0) is 19.1. The Labute approximate surface area is 160 Å². The van der Waals surface area contributed by atoms with Crippen molar-refractivity contribution in [2.45, 2.75) is 38.5 Å². The molecular weight excluding hydrogens is 340 g/mol. The summed E-state index contributed by atoms with van der Waals surface area (Å²) in [5.74, 6) is 0.906. The molecule has 142 valence electrons. The second-order valence-electron chi connectivity index (χ2n) is 7.08. The Morgan fingerprint density at radius 3 is 2.52 bits per heavy atom. The van der Waals surface area contributed by atoms with Crippen molar-refractivity contribution in [3.8, 4) is 17.2 Å². The minimum Gasteiger partial charge on any atom is -0.508 e. The highest BCUT2D eigenvalue weighted by atomic mass is 16.5. The largest absolute Gasteiger partial charge is 0.508 e. The van der Waals surface area contributed by atoms with Crippen LogP contribution in [0.1, 0.15) is 54.4 Å². The van der Waals surface area contributed by atoms with Crippen molar-refractivity contribution < 1.29 is 19.7 Å². The highest BCUT2D eigenvalue weighted by Gasteiger charge is 2.17. The Bertz CT molecular complexity index is 787. The van der Waals surface area contributed by atoms with E-state index in [9.17, 15) is 15.0 Å². The molecule has 1 fully saturated rings. The van der Waals surface area contributed by atoms with Gasteiger partial charge in [0.05, 0.1) is 6.61 Å². The monoisotopic (exact) mass is 366 g/mol. The maximum absolute atomic E-state index is 12.6. The smallest absolute Gasteiger partial charge is 0.193 e. The van der Waals surface area contributed by atoms with Crippen molar-refractivity contribution in [3.05, 3.63) is 59.7 Å². The third-order valence-electron chi connectivity index (χ3n) is 5.08. The van der Waals surface area contributed by atoms with Gasteiger partial charge in [0.15, 0.2) is 5.78 Å². The molecule has 4 nitrogen and oxygen atoms in total. The first kappa shape index (κ1) is 19.0. The second-order valence-corrected chi connectivity index (χ2v) is 7.08. The van der Waals surface area contributed by atoms with Gasteiger partial charge in [0.2, 0.25) is 0 Å². The van der Waals surface area contributed by atoms with Gasteiger partial charge in [-0.2, -0.15) is 0 Å². The number of allylic oxidation sites excluding steroid dienone is 1. The lowest BCUT2D eigenvalue weighted by atomic mass is 9.87. The van der Waals surface area contributed by atoms with E-state index in [1.54, 1.807) is 42.5 Å². The Hall–Kier alpha value is -2.75. The topological polar surface area (TPSA) is 66.8 Å². The molecule has 0 saturated heterocycles. The van der Waals surface area contributed by atoms with E-state index in [0.717, 1.165) is 12.0 Å². The summed E-state index contributed by atoms with van der Waals surface area (Å²) in [5, 5.41) is 19.5. The summed E-state index contributed by atoms with van der Waals surface area (Å²) < 4.78 is 5.86. The molecule has 1 aliphatic carbocycles. The van der Waals surface area contributed by atoms with Crippen molar-refractivity contribution >= 4 is 11.9 Å². The van der Waals surface area contributed by atoms with E-state index >= 15 is 0 Å². The average Bonchev–Trinajstić information content (AvgIpc) is 2.68. The Kier molecular flexibility index (Phi) is 6.53. The van der Waals surface area contributed by atoms with Crippen molar-refractivity contribution in [2.24, 2.45) is 5.92 Å². The van der Waals surface area contributed by atoms with Crippen LogP contribution in [0.15, 0.2) is 48.5 Å². The van der Waals surface area contributed by atoms with Crippen molar-refractivity contribution in [2.75, 3.05) is 6.61 Å². The molecule has 2 aromatic rings. The summed E-state index contributed by atoms with van der Waals surface area (Å²) >= 11 is 0. The zero-order valence-corrected chi connectivity index (χ0v) is 15.4. The van der Waals surface area contributed by atoms with Crippen molar-refractivity contribution in [3.63, 3.8) is 0 Å². The zero-order valence-electron chi connectivity index (χ0n) is 15.4. The van der Waals surface area contributed by atoms with E-state index in [-0.39, 0.29) is 22.8 Å². The van der Waals surface area contributed by atoms with Crippen LogP contribution >= 0.6 is 0 Å². The molecule has 0 aromatic heterocycles. The number of rotatable bonds is 7. The molecule has 0 spiro atoms. The van der Waals surface area contributed by atoms with Crippen LogP contribution in [0.4, 0.5) is 0 Å². The molecule has 0 unspecified atom stereocenters. The number of benzene rings is 2. The van der Waals surface area contributed by atoms with E-state index in [0.29, 0.717) is 18.3 Å². The first-order chi connectivity index (χ1) is 13.1. The number of hydrogen-bond donors (Lipinski definition) is 2. The molecule has 0 bridgehead atoms. The van der Waals surface area contributed by atoms with Crippen LogP contribution in [-0.2, 0) is 0 Å². The van der Waals surface area contributed by atoms with Gasteiger partial charge in [-0.1, -0.05) is 56.4 Å². The predicted octanol–water partition coefficient (Wildman–Crippen LogP) is 5.34. The van der Waals surface area contributed by atoms with Gasteiger partial charge in [-0.15, -0.1) is 0 Å². The summed E-state index contributed by atoms with van der Waals surface area (Å²) in [4.78, 5) is 12.6. The molecule has 0 radical (unpaired) electrons. The van der Waals surface area contributed by atoms with Gasteiger partial charge in [-0.25, -0.2) is 0 Å². The van der Waals surface area contributed by atoms with Gasteiger partial charge in [0.25, 0.3) is 0 Å². The first-order valence-corrected chi connectivity index (χ1v) is 9.59. The summed E-state index contributed by atoms with van der Waals surface area (Å²) in [6.45, 7) is 0.552. The number of ether oxygens (including phenoxy) is 1. The molecule has 27 heavy (non-hydrogen) atoms. The van der Waals surface area contributed by atoms with Crippen LogP contribution in [0.5, 0.6) is 17.2 Å². The molecule has 3 rings (SSSR count). The number of carbonyl (C=O) groups is 1. The van der Waals surface area contributed by atoms with E-state index in [2.05, 4.69) is 0 Å². The lowest BCUT2D eigenvalue weighted by Crippen LogP contribution is -2.11. The third-order valence-corrected chi connectivity index (χ3v) is 5.08. The molecule has 0 aliphatic heterocycles. The van der Waals surface area contributed by atoms with Gasteiger partial charge in [0, 0.05) is 0 Å². The SMILES string of the molecule is O=C(/C=C/c1ccc(O)cc1)c1c(O)cccc1OCCC1CCCCC1. The van der Waals surface area contributed by atoms with E-state index < -0.39 is 0 Å². The summed E-state index contributed by atoms with van der Waals surface area (Å²) in [6.07, 6.45) is 10.5. The first-order valence-electron chi connectivity index (χ1n) is 9.59. The number of phenols is 2. The number of phenolic OH excluding ortho intramolecular Hbond substituents is 2. The van der Waals surface area contributed by atoms with Gasteiger partial charge in [0.1, 0.15) is 22.8 Å². The van der Waals surface area contributed by atoms with E-state index in [1.807, 2.05) is 0 Å². The average molecular weight is 366 g/mol. The Morgan fingerprint density at radius 2 is 1.78 bits per heavy atom. The molecule has 2 aromatic carbocycles. The van der Waals surface area contributed by atoms with Crippen LogP contribution in [0, 0.1) is 5.92 Å². The normalized spacial score (nSPS) is 15.1. The fourth-order valence-electron chi connectivity index (χ4n) is 3.54. The van der Waals surface area contributed by atoms with Crippen LogP contribution in [0.25, 0.3) is 6.08 Å². The molecule has 0 amide bonds. The van der Waals surface area contributed by atoms with Crippen molar-refractivity contribution in [1.82, 2.24) is 0 Å². The molecule has 1 aliphatic rings. The lowest BCUT2D eigenvalue weighted by Gasteiger charge is -2.21. The predicted molar refractivity (Wildman–Crippen MR) is 106 cm³/mol. The quantitative estimate of drug-likeness (QED) is 0.512. The van der Waals surface area contributed by atoms with E-state index in [1.165, 1.54) is 44.2 Å². The standard InChI is InChI=1S/C23H26O4/c24-19-12-9-18(10-13-19)11-14-21(26)23-20(25)7-4-8-22(23)27-16-15-17-5-2-1-3-6-17/h4,7-14,17,24-25H,1-3,5-6,15-16H2/b14-11+. The maximum Gasteiger partial charge on any atom is 0.193 e. The molecule has 2 N–H and O–H groups in total. The number of carbonyl (C=O) groups excluding carboxylic acids is 1. The summed E-state index contributed by atoms with van der Waals surface area (Å²) in [6, 6.07) is 11.5. The number of aromatic hydroxyl groups is 2. The summed E-state index contributed by atoms with van der Waals surface area (Å²) in [5.41, 5.74) is 0.979. The van der Waals surface area contributed by atoms with Crippen LogP contribution in [0.3, 0.4) is 0 Å². The van der Waals surface area contributed by atoms with Gasteiger partial charge in [-0.3, -0.25) is 4.79 Å². The molecule has 0 heterocycles. The number of hydrogen-bond acceptors (Lipinski definition) is 4. The fraction of sp³-hybridized carbons (Fsp3) is 0.348. The number of ketones is 1. The van der Waals surface area contributed by atoms with E-state index in [4.69, 9.17) is 4.74 Å². The highest BCUT2D eigenvalue weighted by molar-refractivity contribution is 6.10. The molecule has 4 heteroatoms. The minimum atomic E-state index is -0.311. The summed E-state index contributed by atoms with van der Waals surface area (Å²) in [7, 11) is 0. The third kappa shape index (κ3) is 5.36. The van der Waals surface area contributed by atoms with Gasteiger partial charge < -0.3 is 14.9 Å². The fourth-order valence-corrected chi connectivity index (χ4v) is 3.54. The Morgan fingerprint density at radius 1 is 1.04 bits per heavy atom. The molecule has 0 atom stereocenters. The van der Waals surface area contributed by atoms with Crippen molar-refractivity contribution in [1.29, 1.82) is 0 Å². The van der Waals surface area contributed by atoms with Crippen LogP contribution < -0.4 is 4.74 Å².